The van der Waals surface area contributed by atoms with Crippen LogP contribution in [-0.4, -0.2) is 22.0 Å². The highest BCUT2D eigenvalue weighted by Gasteiger charge is 2.21. The number of nitro groups is 1. The maximum Gasteiger partial charge on any atom is 0.352 e. The number of ether oxygens (including phenoxy) is 2. The maximum atomic E-state index is 13.1. The van der Waals surface area contributed by atoms with Crippen molar-refractivity contribution in [3.63, 3.8) is 0 Å². The molecule has 0 N–H and O–H groups in total. The number of hydrogen-bond acceptors (Lipinski definition) is 9. The predicted octanol–water partition coefficient (Wildman–Crippen LogP) is 5.07. The lowest BCUT2D eigenvalue weighted by molar-refractivity contribution is -0.384. The van der Waals surface area contributed by atoms with Gasteiger partial charge in [-0.3, -0.25) is 14.9 Å². The van der Waals surface area contributed by atoms with Gasteiger partial charge in [-0.05, 0) is 44.0 Å². The Bertz CT molecular complexity index is 1440. The Labute approximate surface area is 197 Å². The van der Waals surface area contributed by atoms with Crippen molar-refractivity contribution in [2.45, 2.75) is 33.3 Å². The zero-order chi connectivity index (χ0) is 24.4. The Balaban J connectivity index is 1.57. The van der Waals surface area contributed by atoms with E-state index in [9.17, 15) is 19.7 Å². The molecule has 0 saturated heterocycles. The fourth-order valence-corrected chi connectivity index (χ4v) is 4.05. The topological polar surface area (TPSA) is 122 Å². The molecule has 4 aromatic rings. The number of hydrogen-bond donors (Lipinski definition) is 0. The number of thiazole rings is 1. The van der Waals surface area contributed by atoms with Crippen LogP contribution in [0.5, 0.6) is 11.5 Å². The summed E-state index contributed by atoms with van der Waals surface area (Å²) >= 11 is 1.41. The summed E-state index contributed by atoms with van der Waals surface area (Å²) in [4.78, 5) is 41.0. The van der Waals surface area contributed by atoms with E-state index in [0.717, 1.165) is 10.4 Å². The summed E-state index contributed by atoms with van der Waals surface area (Å²) in [7, 11) is 0. The van der Waals surface area contributed by atoms with Gasteiger partial charge in [-0.25, -0.2) is 9.78 Å². The molecule has 174 valence electrons. The molecule has 0 bridgehead atoms. The quantitative estimate of drug-likeness (QED) is 0.156. The number of non-ortho nitro benzene ring substituents is 1. The van der Waals surface area contributed by atoms with Gasteiger partial charge < -0.3 is 13.9 Å². The standard InChI is InChI=1S/C24H20N2O7S/c1-4-15-9-18-21(31-12-19(22(18)27)23-25-11-13(2)34-23)10-20(15)32-14(3)24(28)33-17-7-5-16(6-8-17)26(29)30/h5-12,14H,4H2,1-3H3. The number of carbonyl (C=O) groups excluding carboxylic acids is 1. The van der Waals surface area contributed by atoms with Crippen LogP contribution in [0.15, 0.2) is 58.1 Å². The number of esters is 1. The first-order valence-electron chi connectivity index (χ1n) is 10.4. The number of carbonyl (C=O) groups is 1. The van der Waals surface area contributed by atoms with Gasteiger partial charge in [0.2, 0.25) is 5.43 Å². The van der Waals surface area contributed by atoms with E-state index >= 15 is 0 Å². The molecule has 0 spiro atoms. The Morgan fingerprint density at radius 3 is 2.62 bits per heavy atom. The summed E-state index contributed by atoms with van der Waals surface area (Å²) in [5.41, 5.74) is 1.14. The van der Waals surface area contributed by atoms with E-state index in [1.807, 2.05) is 13.8 Å². The van der Waals surface area contributed by atoms with Crippen LogP contribution < -0.4 is 14.9 Å². The summed E-state index contributed by atoms with van der Waals surface area (Å²) in [6.45, 7) is 5.35. The highest BCUT2D eigenvalue weighted by atomic mass is 32.1. The largest absolute Gasteiger partial charge is 0.479 e. The minimum atomic E-state index is -0.984. The molecule has 2 aromatic carbocycles. The molecule has 0 radical (unpaired) electrons. The average Bonchev–Trinajstić information content (AvgIpc) is 3.25. The van der Waals surface area contributed by atoms with Gasteiger partial charge >= 0.3 is 5.97 Å². The fourth-order valence-electron chi connectivity index (χ4n) is 3.29. The van der Waals surface area contributed by atoms with Crippen molar-refractivity contribution in [2.24, 2.45) is 0 Å². The highest BCUT2D eigenvalue weighted by Crippen LogP contribution is 2.29. The Hall–Kier alpha value is -4.05. The molecule has 0 aliphatic heterocycles. The van der Waals surface area contributed by atoms with Crippen molar-refractivity contribution < 1.29 is 23.6 Å². The Morgan fingerprint density at radius 1 is 1.26 bits per heavy atom. The molecule has 4 rings (SSSR count). The second-order valence-corrected chi connectivity index (χ2v) is 8.73. The van der Waals surface area contributed by atoms with Gasteiger partial charge in [-0.1, -0.05) is 6.92 Å². The van der Waals surface area contributed by atoms with Crippen molar-refractivity contribution >= 4 is 34.0 Å². The third-order valence-corrected chi connectivity index (χ3v) is 6.04. The first kappa shape index (κ1) is 23.1. The van der Waals surface area contributed by atoms with Gasteiger partial charge in [0.1, 0.15) is 28.4 Å². The molecule has 0 aliphatic carbocycles. The highest BCUT2D eigenvalue weighted by molar-refractivity contribution is 7.14. The molecular formula is C24H20N2O7S. The Kier molecular flexibility index (Phi) is 6.42. The van der Waals surface area contributed by atoms with Crippen LogP contribution in [0.25, 0.3) is 21.5 Å². The lowest BCUT2D eigenvalue weighted by Gasteiger charge is -2.17. The van der Waals surface area contributed by atoms with E-state index in [1.54, 1.807) is 18.3 Å². The van der Waals surface area contributed by atoms with E-state index in [4.69, 9.17) is 13.9 Å². The van der Waals surface area contributed by atoms with Crippen LogP contribution in [0.3, 0.4) is 0 Å². The van der Waals surface area contributed by atoms with E-state index in [0.29, 0.717) is 33.7 Å². The van der Waals surface area contributed by atoms with Crippen molar-refractivity contribution in [1.29, 1.82) is 0 Å². The zero-order valence-corrected chi connectivity index (χ0v) is 19.4. The molecule has 0 amide bonds. The number of aromatic nitrogens is 1. The zero-order valence-electron chi connectivity index (χ0n) is 18.6. The van der Waals surface area contributed by atoms with Gasteiger partial charge in [0, 0.05) is 29.3 Å². The van der Waals surface area contributed by atoms with Gasteiger partial charge in [-0.2, -0.15) is 0 Å². The van der Waals surface area contributed by atoms with Crippen LogP contribution in [0.4, 0.5) is 5.69 Å². The number of benzene rings is 2. The molecule has 1 unspecified atom stereocenters. The average molecular weight is 480 g/mol. The minimum absolute atomic E-state index is 0.109. The second-order valence-electron chi connectivity index (χ2n) is 7.50. The smallest absolute Gasteiger partial charge is 0.352 e. The second kappa shape index (κ2) is 9.44. The van der Waals surface area contributed by atoms with Gasteiger partial charge in [0.05, 0.1) is 15.9 Å². The molecule has 1 atom stereocenters. The maximum absolute atomic E-state index is 13.1. The van der Waals surface area contributed by atoms with Crippen molar-refractivity contribution in [1.82, 2.24) is 4.98 Å². The first-order chi connectivity index (χ1) is 16.3. The van der Waals surface area contributed by atoms with Crippen LogP contribution in [0, 0.1) is 17.0 Å². The third-order valence-electron chi connectivity index (χ3n) is 5.09. The summed E-state index contributed by atoms with van der Waals surface area (Å²) < 4.78 is 16.8. The van der Waals surface area contributed by atoms with Crippen LogP contribution in [-0.2, 0) is 11.2 Å². The van der Waals surface area contributed by atoms with E-state index in [2.05, 4.69) is 4.98 Å². The van der Waals surface area contributed by atoms with E-state index in [1.165, 1.54) is 48.8 Å². The van der Waals surface area contributed by atoms with Crippen LogP contribution in [0.2, 0.25) is 0 Å². The minimum Gasteiger partial charge on any atom is -0.479 e. The van der Waals surface area contributed by atoms with Crippen molar-refractivity contribution in [3.05, 3.63) is 79.6 Å². The third kappa shape index (κ3) is 4.67. The monoisotopic (exact) mass is 480 g/mol. The van der Waals surface area contributed by atoms with Gasteiger partial charge in [0.25, 0.3) is 5.69 Å². The molecule has 10 heteroatoms. The van der Waals surface area contributed by atoms with E-state index in [-0.39, 0.29) is 16.9 Å². The Morgan fingerprint density at radius 2 is 2.00 bits per heavy atom. The fraction of sp³-hybridized carbons (Fsp3) is 0.208. The van der Waals surface area contributed by atoms with Crippen LogP contribution in [0.1, 0.15) is 24.3 Å². The molecule has 34 heavy (non-hydrogen) atoms. The van der Waals surface area contributed by atoms with Crippen molar-refractivity contribution in [2.75, 3.05) is 0 Å². The predicted molar refractivity (Wildman–Crippen MR) is 127 cm³/mol. The van der Waals surface area contributed by atoms with Crippen LogP contribution >= 0.6 is 11.3 Å². The van der Waals surface area contributed by atoms with Gasteiger partial charge in [-0.15, -0.1) is 11.3 Å². The molecule has 2 heterocycles. The SMILES string of the molecule is CCc1cc2c(=O)c(-c3ncc(C)s3)coc2cc1OC(C)C(=O)Oc1ccc([N+](=O)[O-])cc1. The summed E-state index contributed by atoms with van der Waals surface area (Å²) in [6.07, 6.45) is 2.65. The molecule has 0 saturated carbocycles. The number of nitrogens with zero attached hydrogens (tertiary/aromatic N) is 2. The number of nitro benzene ring substituents is 1. The lowest BCUT2D eigenvalue weighted by atomic mass is 10.1. The lowest BCUT2D eigenvalue weighted by Crippen LogP contribution is -2.28. The van der Waals surface area contributed by atoms with E-state index < -0.39 is 17.0 Å². The summed E-state index contributed by atoms with van der Waals surface area (Å²) in [6, 6.07) is 8.46. The molecule has 9 nitrogen and oxygen atoms in total. The number of fused-ring (bicyclic) bond motifs is 1. The molecular weight excluding hydrogens is 460 g/mol. The molecule has 0 aliphatic rings. The number of aryl methyl sites for hydroxylation is 2. The molecule has 0 fully saturated rings. The van der Waals surface area contributed by atoms with Crippen molar-refractivity contribution in [3.8, 4) is 22.1 Å². The summed E-state index contributed by atoms with van der Waals surface area (Å²) in [5.74, 6) is -0.118. The normalized spacial score (nSPS) is 11.9. The first-order valence-corrected chi connectivity index (χ1v) is 11.2. The number of rotatable bonds is 7. The summed E-state index contributed by atoms with van der Waals surface area (Å²) in [5, 5.41) is 11.8. The molecule has 2 aromatic heterocycles. The van der Waals surface area contributed by atoms with Gasteiger partial charge in [0.15, 0.2) is 6.10 Å².